The van der Waals surface area contributed by atoms with Crippen molar-refractivity contribution in [3.8, 4) is 28.8 Å². The average Bonchev–Trinajstić information content (AvgIpc) is 3.62. The second-order valence-corrected chi connectivity index (χ2v) is 16.1. The van der Waals surface area contributed by atoms with E-state index >= 15 is 0 Å². The Morgan fingerprint density at radius 1 is 0.770 bits per heavy atom. The van der Waals surface area contributed by atoms with E-state index in [0.29, 0.717) is 28.9 Å². The molecule has 2 aromatic heterocycles. The Labute approximate surface area is 358 Å². The molecule has 0 saturated heterocycles. The van der Waals surface area contributed by atoms with Crippen LogP contribution in [0.4, 0.5) is 34.1 Å². The molecule has 6 rings (SSSR count). The topological polar surface area (TPSA) is 321 Å². The minimum Gasteiger partial charge on any atom is -0.866 e. The molecule has 0 saturated carbocycles. The Balaban J connectivity index is 0.000000273. The number of primary sulfonamides is 1. The number of nitro groups is 2. The molecule has 21 nitrogen and oxygen atoms in total. The summed E-state index contributed by atoms with van der Waals surface area (Å²) in [7, 11) is -3.99. The summed E-state index contributed by atoms with van der Waals surface area (Å²) in [5.41, 5.74) is -0.340. The first kappa shape index (κ1) is 46.6. The molecule has 1 radical (unpaired) electrons. The summed E-state index contributed by atoms with van der Waals surface area (Å²) in [5, 5.41) is 86.8. The third-order valence-corrected chi connectivity index (χ3v) is 9.29. The molecule has 315 valence electrons. The summed E-state index contributed by atoms with van der Waals surface area (Å²) in [6, 6.07) is 19.4. The van der Waals surface area contributed by atoms with Crippen LogP contribution in [0.1, 0.15) is 43.3 Å². The van der Waals surface area contributed by atoms with Gasteiger partial charge in [0.1, 0.15) is 5.69 Å². The maximum atomic E-state index is 12.9. The number of aromatic amines is 1. The first-order valence-electron chi connectivity index (χ1n) is 17.6. The number of hydrogen-bond acceptors (Lipinski definition) is 15. The predicted molar refractivity (Wildman–Crippen MR) is 212 cm³/mol. The number of hydrogen-bond donors (Lipinski definition) is 2. The van der Waals surface area contributed by atoms with E-state index in [9.17, 15) is 48.8 Å². The number of azo groups is 2. The van der Waals surface area contributed by atoms with E-state index in [-0.39, 0.29) is 61.8 Å². The van der Waals surface area contributed by atoms with Crippen molar-refractivity contribution in [3.63, 3.8) is 0 Å². The zero-order valence-electron chi connectivity index (χ0n) is 33.2. The minimum atomic E-state index is -3.99. The van der Waals surface area contributed by atoms with Crippen LogP contribution in [0.2, 0.25) is 0 Å². The van der Waals surface area contributed by atoms with Crippen LogP contribution < -0.4 is 26.0 Å². The molecule has 0 aliphatic rings. The second kappa shape index (κ2) is 18.5. The van der Waals surface area contributed by atoms with Crippen molar-refractivity contribution in [3.05, 3.63) is 132 Å². The number of H-pyrrole nitrogens is 1. The van der Waals surface area contributed by atoms with Crippen LogP contribution in [0.25, 0.3) is 11.4 Å². The number of para-hydroxylation sites is 1. The number of aryl methyl sites for hydroxylation is 3. The summed E-state index contributed by atoms with van der Waals surface area (Å²) in [5.74, 6) is -2.27. The Bertz CT molecular complexity index is 2870. The molecule has 4 aromatic carbocycles. The zero-order chi connectivity index (χ0) is 44.3. The van der Waals surface area contributed by atoms with Gasteiger partial charge in [-0.3, -0.25) is 30.1 Å². The number of aromatic nitrogens is 4. The van der Waals surface area contributed by atoms with Gasteiger partial charge in [-0.15, -0.1) is 10.2 Å². The van der Waals surface area contributed by atoms with E-state index in [2.05, 4.69) is 30.7 Å². The van der Waals surface area contributed by atoms with Crippen LogP contribution in [0.15, 0.2) is 109 Å². The molecule has 0 spiro atoms. The SMILES string of the molecule is Cc1[nH]n(-c2cccc(S(N)(=O)=O)c2)c(=O)c1N=Nc1cc(CC(C)(C)C)cc([N+](=O)[O-])c1[O-].Cc1cc(N=Nc2c(C)nn(-c3ccccc3)c2[O-])c([O-])c([N+](=O)[O-])c1.[Cr+3]. The van der Waals surface area contributed by atoms with Crippen molar-refractivity contribution in [2.45, 2.75) is 52.9 Å². The van der Waals surface area contributed by atoms with Gasteiger partial charge in [0.25, 0.3) is 16.9 Å². The van der Waals surface area contributed by atoms with Crippen molar-refractivity contribution < 1.29 is 50.9 Å². The van der Waals surface area contributed by atoms with Crippen molar-refractivity contribution in [2.24, 2.45) is 31.0 Å². The summed E-state index contributed by atoms with van der Waals surface area (Å²) in [6.07, 6.45) is 0.451. The molecule has 0 unspecified atom stereocenters. The normalized spacial score (nSPS) is 11.7. The van der Waals surface area contributed by atoms with Crippen LogP contribution in [0.5, 0.6) is 17.4 Å². The van der Waals surface area contributed by atoms with Gasteiger partial charge in [0.15, 0.2) is 5.69 Å². The number of sulfonamides is 1. The molecule has 0 aliphatic carbocycles. The van der Waals surface area contributed by atoms with E-state index in [0.717, 1.165) is 4.68 Å². The van der Waals surface area contributed by atoms with Gasteiger partial charge in [0.2, 0.25) is 10.0 Å². The molecule has 23 heteroatoms. The van der Waals surface area contributed by atoms with Crippen LogP contribution in [0.3, 0.4) is 0 Å². The first-order chi connectivity index (χ1) is 28.0. The number of nitrogens with one attached hydrogen (secondary N) is 1. The molecule has 6 aromatic rings. The van der Waals surface area contributed by atoms with E-state index in [1.807, 2.05) is 26.8 Å². The fourth-order valence-corrected chi connectivity index (χ4v) is 6.28. The van der Waals surface area contributed by atoms with Crippen LogP contribution in [-0.4, -0.2) is 37.8 Å². The first-order valence-corrected chi connectivity index (χ1v) is 19.1. The van der Waals surface area contributed by atoms with Crippen molar-refractivity contribution >= 4 is 44.1 Å². The second-order valence-electron chi connectivity index (χ2n) is 14.5. The molecular formula is C38H36CrN11O10S. The van der Waals surface area contributed by atoms with Crippen LogP contribution in [0, 0.1) is 46.4 Å². The summed E-state index contributed by atoms with van der Waals surface area (Å²) >= 11 is 0. The molecule has 0 amide bonds. The van der Waals surface area contributed by atoms with E-state index in [1.165, 1.54) is 60.1 Å². The van der Waals surface area contributed by atoms with Crippen molar-refractivity contribution in [1.82, 2.24) is 19.6 Å². The fraction of sp³-hybridized carbons (Fsp3) is 0.211. The monoisotopic (exact) mass is 890 g/mol. The number of benzene rings is 4. The van der Waals surface area contributed by atoms with E-state index < -0.39 is 54.2 Å². The minimum absolute atomic E-state index is 0. The maximum Gasteiger partial charge on any atom is 3.00 e. The average molecular weight is 891 g/mol. The Morgan fingerprint density at radius 3 is 1.90 bits per heavy atom. The Morgan fingerprint density at radius 2 is 1.33 bits per heavy atom. The molecule has 0 aliphatic heterocycles. The third-order valence-electron chi connectivity index (χ3n) is 8.38. The molecule has 3 N–H and O–H groups in total. The number of nitrogens with two attached hydrogens (primary N) is 1. The van der Waals surface area contributed by atoms with Gasteiger partial charge < -0.3 is 15.3 Å². The van der Waals surface area contributed by atoms with Crippen molar-refractivity contribution in [1.29, 1.82) is 0 Å². The van der Waals surface area contributed by atoms with Gasteiger partial charge in [0.05, 0.1) is 48.9 Å². The number of nitro benzene ring substituents is 2. The largest absolute Gasteiger partial charge is 3.00 e. The van der Waals surface area contributed by atoms with Gasteiger partial charge in [-0.2, -0.15) is 15.3 Å². The molecule has 0 atom stereocenters. The third kappa shape index (κ3) is 11.0. The van der Waals surface area contributed by atoms with Crippen molar-refractivity contribution in [2.75, 3.05) is 0 Å². The van der Waals surface area contributed by atoms with Crippen LogP contribution >= 0.6 is 0 Å². The number of rotatable bonds is 10. The quantitative estimate of drug-likeness (QED) is 0.0903. The molecule has 61 heavy (non-hydrogen) atoms. The van der Waals surface area contributed by atoms with E-state index in [1.54, 1.807) is 38.1 Å². The number of nitrogens with zero attached hydrogens (tertiary/aromatic N) is 9. The standard InChI is InChI=1S/C21H24N6O6S.C17H15N5O4.Cr/c1-12-18(20(29)26(25-12)14-6-5-7-15(10-14)34(22,32)33)24-23-16-8-13(11-21(2,3)4)9-17(19(16)28)27(30)31;1-10-8-13(16(23)14(9-10)22(25)26)18-19-15-11(2)20-21(17(15)24)12-6-4-3-5-7-12;/h5-10,25,28H,11H2,1-4H3,(H2,22,32,33);3-9,23-24H,1-2H3;/q;;+3/p-3. The van der Waals surface area contributed by atoms with Gasteiger partial charge in [-0.05, 0) is 86.2 Å². The molecule has 0 fully saturated rings. The van der Waals surface area contributed by atoms with Crippen LogP contribution in [-0.2, 0) is 33.8 Å². The zero-order valence-corrected chi connectivity index (χ0v) is 35.3. The van der Waals surface area contributed by atoms with Gasteiger partial charge in [0, 0.05) is 29.5 Å². The summed E-state index contributed by atoms with van der Waals surface area (Å²) in [4.78, 5) is 33.5. The molecule has 0 bridgehead atoms. The summed E-state index contributed by atoms with van der Waals surface area (Å²) in [6.45, 7) is 10.6. The Kier molecular flexibility index (Phi) is 14.1. The van der Waals surface area contributed by atoms with Gasteiger partial charge >= 0.3 is 17.4 Å². The van der Waals surface area contributed by atoms with Gasteiger partial charge in [-0.25, -0.2) is 22.9 Å². The molecule has 2 heterocycles. The van der Waals surface area contributed by atoms with E-state index in [4.69, 9.17) is 5.14 Å². The predicted octanol–water partition coefficient (Wildman–Crippen LogP) is 6.06. The smallest absolute Gasteiger partial charge is 0.866 e. The van der Waals surface area contributed by atoms with Gasteiger partial charge in [-0.1, -0.05) is 45.0 Å². The molecular weight excluding hydrogens is 855 g/mol. The fourth-order valence-electron chi connectivity index (χ4n) is 5.73. The Hall–Kier alpha value is -7.06. The maximum absolute atomic E-state index is 12.9. The summed E-state index contributed by atoms with van der Waals surface area (Å²) < 4.78 is 25.5.